The molecular formula is C29H26BrN3O4. The minimum atomic E-state index is -0.958. The van der Waals surface area contributed by atoms with Gasteiger partial charge >= 0.3 is 0 Å². The highest BCUT2D eigenvalue weighted by molar-refractivity contribution is 9.10. The molecule has 4 aromatic carbocycles. The molecule has 8 heteroatoms. The zero-order chi connectivity index (χ0) is 26.2. The number of hydrogen-bond donors (Lipinski definition) is 2. The van der Waals surface area contributed by atoms with Crippen LogP contribution in [0, 0.1) is 5.92 Å². The van der Waals surface area contributed by atoms with Crippen molar-refractivity contribution in [2.45, 2.75) is 13.5 Å². The molecule has 0 radical (unpaired) electrons. The fourth-order valence-electron chi connectivity index (χ4n) is 3.58. The lowest BCUT2D eigenvalue weighted by atomic mass is 10.0. The normalized spacial score (nSPS) is 11.8. The van der Waals surface area contributed by atoms with Crippen LogP contribution >= 0.6 is 15.9 Å². The Balaban J connectivity index is 1.45. The van der Waals surface area contributed by atoms with Crippen LogP contribution in [0.5, 0.6) is 11.5 Å². The maximum atomic E-state index is 12.6. The number of methoxy groups -OCH3 is 1. The Morgan fingerprint density at radius 2 is 1.68 bits per heavy atom. The fraction of sp³-hybridized carbons (Fsp3) is 0.138. The molecule has 188 valence electrons. The number of hydrazone groups is 1. The SMILES string of the molecule is COc1ccc(NC(=O)C(C)C(=O)NN=Cc2c(OCc3ccc(Br)cc3)ccc3ccccc23)cc1. The number of nitrogens with one attached hydrogen (secondary N) is 2. The van der Waals surface area contributed by atoms with Crippen LogP contribution in [0.3, 0.4) is 0 Å². The van der Waals surface area contributed by atoms with Crippen LogP contribution in [-0.2, 0) is 16.2 Å². The third-order valence-electron chi connectivity index (χ3n) is 5.75. The lowest BCUT2D eigenvalue weighted by Crippen LogP contribution is -2.34. The number of halogens is 1. The van der Waals surface area contributed by atoms with Crippen molar-refractivity contribution in [2.75, 3.05) is 12.4 Å². The summed E-state index contributed by atoms with van der Waals surface area (Å²) in [6, 6.07) is 26.5. The van der Waals surface area contributed by atoms with E-state index in [1.165, 1.54) is 6.92 Å². The maximum Gasteiger partial charge on any atom is 0.252 e. The highest BCUT2D eigenvalue weighted by atomic mass is 79.9. The van der Waals surface area contributed by atoms with Crippen molar-refractivity contribution in [2.24, 2.45) is 11.0 Å². The first-order valence-corrected chi connectivity index (χ1v) is 12.4. The Morgan fingerprint density at radius 3 is 2.41 bits per heavy atom. The zero-order valence-electron chi connectivity index (χ0n) is 20.4. The summed E-state index contributed by atoms with van der Waals surface area (Å²) in [5.41, 5.74) is 4.79. The Bertz CT molecular complexity index is 1420. The van der Waals surface area contributed by atoms with Gasteiger partial charge in [-0.1, -0.05) is 58.4 Å². The van der Waals surface area contributed by atoms with Crippen molar-refractivity contribution in [3.8, 4) is 11.5 Å². The van der Waals surface area contributed by atoms with Gasteiger partial charge in [0.15, 0.2) is 0 Å². The first kappa shape index (κ1) is 25.9. The molecule has 0 fully saturated rings. The summed E-state index contributed by atoms with van der Waals surface area (Å²) >= 11 is 3.44. The Hall–Kier alpha value is -4.17. The molecule has 0 saturated heterocycles. The lowest BCUT2D eigenvalue weighted by molar-refractivity contribution is -0.131. The van der Waals surface area contributed by atoms with Gasteiger partial charge in [-0.3, -0.25) is 9.59 Å². The lowest BCUT2D eigenvalue weighted by Gasteiger charge is -2.13. The van der Waals surface area contributed by atoms with Gasteiger partial charge in [0.25, 0.3) is 5.91 Å². The molecule has 0 saturated carbocycles. The molecule has 7 nitrogen and oxygen atoms in total. The molecule has 2 amide bonds. The first-order valence-electron chi connectivity index (χ1n) is 11.6. The largest absolute Gasteiger partial charge is 0.497 e. The number of rotatable bonds is 9. The Labute approximate surface area is 223 Å². The molecule has 0 aliphatic carbocycles. The second-order valence-electron chi connectivity index (χ2n) is 8.29. The predicted octanol–water partition coefficient (Wildman–Crippen LogP) is 5.91. The van der Waals surface area contributed by atoms with Gasteiger partial charge < -0.3 is 14.8 Å². The van der Waals surface area contributed by atoms with E-state index in [9.17, 15) is 9.59 Å². The first-order chi connectivity index (χ1) is 17.9. The van der Waals surface area contributed by atoms with Gasteiger partial charge in [-0.15, -0.1) is 0 Å². The van der Waals surface area contributed by atoms with E-state index in [1.807, 2.05) is 60.7 Å². The molecule has 4 aromatic rings. The molecule has 0 aliphatic rings. The molecule has 0 aromatic heterocycles. The van der Waals surface area contributed by atoms with Crippen LogP contribution < -0.4 is 20.2 Å². The monoisotopic (exact) mass is 559 g/mol. The topological polar surface area (TPSA) is 89.0 Å². The van der Waals surface area contributed by atoms with Crippen molar-refractivity contribution < 1.29 is 19.1 Å². The summed E-state index contributed by atoms with van der Waals surface area (Å²) in [5.74, 6) is -0.627. The summed E-state index contributed by atoms with van der Waals surface area (Å²) in [5, 5.41) is 8.81. The molecule has 2 N–H and O–H groups in total. The standard InChI is InChI=1S/C29H26BrN3O4/c1-19(28(34)32-23-12-14-24(36-2)15-13-23)29(35)33-31-17-26-25-6-4-3-5-21(25)9-16-27(26)37-18-20-7-10-22(30)11-8-20/h3-17,19H,18H2,1-2H3,(H,32,34)(H,33,35). The van der Waals surface area contributed by atoms with Crippen molar-refractivity contribution in [3.05, 3.63) is 101 Å². The van der Waals surface area contributed by atoms with Crippen LogP contribution in [-0.4, -0.2) is 25.1 Å². The van der Waals surface area contributed by atoms with Gasteiger partial charge in [-0.05, 0) is 65.7 Å². The highest BCUT2D eigenvalue weighted by Gasteiger charge is 2.21. The summed E-state index contributed by atoms with van der Waals surface area (Å²) in [6.45, 7) is 1.90. The van der Waals surface area contributed by atoms with Gasteiger partial charge in [0.2, 0.25) is 5.91 Å². The number of hydrogen-bond acceptors (Lipinski definition) is 5. The van der Waals surface area contributed by atoms with Crippen molar-refractivity contribution in [1.29, 1.82) is 0 Å². The van der Waals surface area contributed by atoms with Crippen LogP contribution in [0.2, 0.25) is 0 Å². The number of fused-ring (bicyclic) bond motifs is 1. The van der Waals surface area contributed by atoms with Gasteiger partial charge in [0.1, 0.15) is 24.0 Å². The van der Waals surface area contributed by atoms with Gasteiger partial charge in [0.05, 0.1) is 13.3 Å². The van der Waals surface area contributed by atoms with E-state index >= 15 is 0 Å². The third kappa shape index (κ3) is 6.74. The average Bonchev–Trinajstić information content (AvgIpc) is 2.93. The van der Waals surface area contributed by atoms with E-state index in [2.05, 4.69) is 31.8 Å². The van der Waals surface area contributed by atoms with E-state index in [1.54, 1.807) is 37.6 Å². The van der Waals surface area contributed by atoms with Crippen LogP contribution in [0.25, 0.3) is 10.8 Å². The molecule has 4 rings (SSSR count). The Kier molecular flexibility index (Phi) is 8.53. The van der Waals surface area contributed by atoms with E-state index in [-0.39, 0.29) is 0 Å². The quantitative estimate of drug-likeness (QED) is 0.151. The van der Waals surface area contributed by atoms with Crippen LogP contribution in [0.4, 0.5) is 5.69 Å². The number of carbonyl (C=O) groups excluding carboxylic acids is 2. The number of ether oxygens (including phenoxy) is 2. The summed E-state index contributed by atoms with van der Waals surface area (Å²) in [7, 11) is 1.57. The minimum absolute atomic E-state index is 0.376. The van der Waals surface area contributed by atoms with Crippen molar-refractivity contribution in [1.82, 2.24) is 5.43 Å². The summed E-state index contributed by atoms with van der Waals surface area (Å²) < 4.78 is 12.2. The second kappa shape index (κ2) is 12.2. The Morgan fingerprint density at radius 1 is 0.946 bits per heavy atom. The fourth-order valence-corrected chi connectivity index (χ4v) is 3.84. The van der Waals surface area contributed by atoms with E-state index in [4.69, 9.17) is 9.47 Å². The van der Waals surface area contributed by atoms with Gasteiger partial charge in [-0.25, -0.2) is 5.43 Å². The molecule has 0 spiro atoms. The molecule has 0 aliphatic heterocycles. The van der Waals surface area contributed by atoms with Crippen molar-refractivity contribution in [3.63, 3.8) is 0 Å². The molecule has 37 heavy (non-hydrogen) atoms. The third-order valence-corrected chi connectivity index (χ3v) is 6.28. The van der Waals surface area contributed by atoms with E-state index in [0.717, 1.165) is 26.4 Å². The molecule has 0 heterocycles. The van der Waals surface area contributed by atoms with E-state index < -0.39 is 17.7 Å². The maximum absolute atomic E-state index is 12.6. The van der Waals surface area contributed by atoms with E-state index in [0.29, 0.717) is 23.8 Å². The molecular weight excluding hydrogens is 534 g/mol. The summed E-state index contributed by atoms with van der Waals surface area (Å²) in [6.07, 6.45) is 1.55. The molecule has 1 unspecified atom stereocenters. The van der Waals surface area contributed by atoms with Gasteiger partial charge in [0, 0.05) is 15.7 Å². The molecule has 1 atom stereocenters. The minimum Gasteiger partial charge on any atom is -0.497 e. The van der Waals surface area contributed by atoms with Crippen LogP contribution in [0.1, 0.15) is 18.1 Å². The number of anilines is 1. The average molecular weight is 560 g/mol. The second-order valence-corrected chi connectivity index (χ2v) is 9.20. The number of carbonyl (C=O) groups is 2. The summed E-state index contributed by atoms with van der Waals surface area (Å²) in [4.78, 5) is 25.1. The number of nitrogens with zero attached hydrogens (tertiary/aromatic N) is 1. The van der Waals surface area contributed by atoms with Crippen molar-refractivity contribution >= 4 is 50.4 Å². The van der Waals surface area contributed by atoms with Gasteiger partial charge in [-0.2, -0.15) is 5.10 Å². The number of amides is 2. The predicted molar refractivity (Wildman–Crippen MR) is 149 cm³/mol. The zero-order valence-corrected chi connectivity index (χ0v) is 22.0. The van der Waals surface area contributed by atoms with Crippen LogP contribution in [0.15, 0.2) is 94.5 Å². The number of benzene rings is 4. The highest BCUT2D eigenvalue weighted by Crippen LogP contribution is 2.27. The molecule has 0 bridgehead atoms. The smallest absolute Gasteiger partial charge is 0.252 e.